The van der Waals surface area contributed by atoms with Crippen molar-refractivity contribution in [2.24, 2.45) is 0 Å². The summed E-state index contributed by atoms with van der Waals surface area (Å²) in [4.78, 5) is 19.0. The summed E-state index contributed by atoms with van der Waals surface area (Å²) in [5.74, 6) is 1.87. The molecule has 4 aromatic rings. The van der Waals surface area contributed by atoms with E-state index in [0.717, 1.165) is 16.8 Å². The van der Waals surface area contributed by atoms with E-state index in [2.05, 4.69) is 10.1 Å². The second-order valence-corrected chi connectivity index (χ2v) is 7.31. The third-order valence-electron chi connectivity index (χ3n) is 5.19. The van der Waals surface area contributed by atoms with Crippen molar-refractivity contribution in [1.29, 1.82) is 0 Å². The summed E-state index contributed by atoms with van der Waals surface area (Å²) in [7, 11) is 4.92. The van der Waals surface area contributed by atoms with Crippen LogP contribution in [0.2, 0.25) is 0 Å². The lowest BCUT2D eigenvalue weighted by molar-refractivity contribution is -0.118. The van der Waals surface area contributed by atoms with Crippen LogP contribution in [-0.4, -0.2) is 41.9 Å². The summed E-state index contributed by atoms with van der Waals surface area (Å²) in [5, 5.41) is 4.09. The first-order chi connectivity index (χ1) is 15.5. The standard InChI is InChI=1S/C24H24N4O4/c1-16-7-5-8-18(13-16)27(2)22(29)15-28-12-6-9-19(28)24-25-23(26-32-24)17-10-11-20(30-3)21(14-17)31-4/h5-14H,15H2,1-4H3. The minimum absolute atomic E-state index is 0.0623. The third kappa shape index (κ3) is 4.20. The predicted octanol–water partition coefficient (Wildman–Crippen LogP) is 4.19. The van der Waals surface area contributed by atoms with E-state index in [1.54, 1.807) is 42.9 Å². The van der Waals surface area contributed by atoms with Crippen LogP contribution in [0.1, 0.15) is 5.56 Å². The van der Waals surface area contributed by atoms with E-state index in [-0.39, 0.29) is 12.5 Å². The molecule has 0 bridgehead atoms. The smallest absolute Gasteiger partial charge is 0.274 e. The van der Waals surface area contributed by atoms with Gasteiger partial charge in [0.2, 0.25) is 11.7 Å². The van der Waals surface area contributed by atoms with Gasteiger partial charge in [0.15, 0.2) is 11.5 Å². The summed E-state index contributed by atoms with van der Waals surface area (Å²) >= 11 is 0. The fraction of sp³-hybridized carbons (Fsp3) is 0.208. The summed E-state index contributed by atoms with van der Waals surface area (Å²) in [6.45, 7) is 2.14. The molecule has 0 unspecified atom stereocenters. The molecule has 2 aromatic heterocycles. The largest absolute Gasteiger partial charge is 0.493 e. The lowest BCUT2D eigenvalue weighted by Crippen LogP contribution is -2.30. The zero-order valence-corrected chi connectivity index (χ0v) is 18.4. The molecule has 4 rings (SSSR count). The number of hydrogen-bond donors (Lipinski definition) is 0. The topological polar surface area (TPSA) is 82.6 Å². The number of methoxy groups -OCH3 is 2. The van der Waals surface area contributed by atoms with Gasteiger partial charge in [-0.25, -0.2) is 0 Å². The Bertz CT molecular complexity index is 1240. The number of aryl methyl sites for hydroxylation is 1. The van der Waals surface area contributed by atoms with Crippen LogP contribution in [0.15, 0.2) is 65.3 Å². The van der Waals surface area contributed by atoms with Gasteiger partial charge in [-0.05, 0) is 55.0 Å². The molecule has 0 N–H and O–H groups in total. The Kier molecular flexibility index (Phi) is 5.93. The van der Waals surface area contributed by atoms with Gasteiger partial charge in [0.1, 0.15) is 12.2 Å². The highest BCUT2D eigenvalue weighted by Crippen LogP contribution is 2.32. The van der Waals surface area contributed by atoms with Crippen LogP contribution in [0, 0.1) is 6.92 Å². The number of rotatable bonds is 7. The molecule has 0 spiro atoms. The predicted molar refractivity (Wildman–Crippen MR) is 121 cm³/mol. The molecule has 8 nitrogen and oxygen atoms in total. The number of anilines is 1. The Morgan fingerprint density at radius 1 is 1.06 bits per heavy atom. The number of ether oxygens (including phenoxy) is 2. The molecular formula is C24H24N4O4. The third-order valence-corrected chi connectivity index (χ3v) is 5.19. The molecule has 2 heterocycles. The van der Waals surface area contributed by atoms with E-state index < -0.39 is 0 Å². The van der Waals surface area contributed by atoms with E-state index in [9.17, 15) is 4.79 Å². The molecule has 0 aliphatic rings. The van der Waals surface area contributed by atoms with Gasteiger partial charge in [0.25, 0.3) is 5.89 Å². The molecule has 0 saturated heterocycles. The number of nitrogens with zero attached hydrogens (tertiary/aromatic N) is 4. The van der Waals surface area contributed by atoms with E-state index in [0.29, 0.717) is 28.9 Å². The molecule has 8 heteroatoms. The lowest BCUT2D eigenvalue weighted by atomic mass is 10.2. The van der Waals surface area contributed by atoms with Gasteiger partial charge in [-0.15, -0.1) is 0 Å². The number of aromatic nitrogens is 3. The number of amides is 1. The lowest BCUT2D eigenvalue weighted by Gasteiger charge is -2.18. The first kappa shape index (κ1) is 21.2. The van der Waals surface area contributed by atoms with Crippen LogP contribution in [0.25, 0.3) is 23.0 Å². The number of benzene rings is 2. The highest BCUT2D eigenvalue weighted by molar-refractivity contribution is 5.93. The molecule has 2 aromatic carbocycles. The maximum atomic E-state index is 12.9. The van der Waals surface area contributed by atoms with E-state index in [1.807, 2.05) is 55.6 Å². The van der Waals surface area contributed by atoms with Crippen molar-refractivity contribution in [2.45, 2.75) is 13.5 Å². The molecule has 0 atom stereocenters. The number of carbonyl (C=O) groups excluding carboxylic acids is 1. The molecule has 32 heavy (non-hydrogen) atoms. The van der Waals surface area contributed by atoms with Gasteiger partial charge < -0.3 is 23.5 Å². The maximum absolute atomic E-state index is 12.9. The molecular weight excluding hydrogens is 408 g/mol. The van der Waals surface area contributed by atoms with Crippen LogP contribution < -0.4 is 14.4 Å². The van der Waals surface area contributed by atoms with Gasteiger partial charge in [-0.2, -0.15) is 4.98 Å². The van der Waals surface area contributed by atoms with Crippen LogP contribution in [0.5, 0.6) is 11.5 Å². The zero-order valence-electron chi connectivity index (χ0n) is 18.4. The normalized spacial score (nSPS) is 10.8. The zero-order chi connectivity index (χ0) is 22.7. The molecule has 0 aliphatic heterocycles. The van der Waals surface area contributed by atoms with Crippen molar-refractivity contribution < 1.29 is 18.8 Å². The first-order valence-electron chi connectivity index (χ1n) is 10.0. The highest BCUT2D eigenvalue weighted by atomic mass is 16.5. The second-order valence-electron chi connectivity index (χ2n) is 7.31. The fourth-order valence-electron chi connectivity index (χ4n) is 3.40. The Balaban J connectivity index is 1.55. The Morgan fingerprint density at radius 2 is 1.88 bits per heavy atom. The minimum atomic E-state index is -0.0623. The maximum Gasteiger partial charge on any atom is 0.274 e. The summed E-state index contributed by atoms with van der Waals surface area (Å²) in [5.41, 5.74) is 3.33. The van der Waals surface area contributed by atoms with Crippen molar-refractivity contribution in [1.82, 2.24) is 14.7 Å². The Hall–Kier alpha value is -4.07. The van der Waals surface area contributed by atoms with Gasteiger partial charge >= 0.3 is 0 Å². The van der Waals surface area contributed by atoms with Gasteiger partial charge in [-0.1, -0.05) is 17.3 Å². The van der Waals surface area contributed by atoms with Crippen LogP contribution >= 0.6 is 0 Å². The van der Waals surface area contributed by atoms with Crippen LogP contribution in [0.3, 0.4) is 0 Å². The van der Waals surface area contributed by atoms with Crippen LogP contribution in [-0.2, 0) is 11.3 Å². The fourth-order valence-corrected chi connectivity index (χ4v) is 3.40. The van der Waals surface area contributed by atoms with Gasteiger partial charge in [-0.3, -0.25) is 4.79 Å². The molecule has 0 saturated carbocycles. The van der Waals surface area contributed by atoms with Crippen molar-refractivity contribution in [3.63, 3.8) is 0 Å². The van der Waals surface area contributed by atoms with Crippen molar-refractivity contribution >= 4 is 11.6 Å². The molecule has 0 aliphatic carbocycles. The molecule has 164 valence electrons. The highest BCUT2D eigenvalue weighted by Gasteiger charge is 2.18. The molecule has 0 fully saturated rings. The summed E-state index contributed by atoms with van der Waals surface area (Å²) in [6, 6.07) is 16.9. The quantitative estimate of drug-likeness (QED) is 0.435. The SMILES string of the molecule is COc1ccc(-c2noc(-c3cccn3CC(=O)N(C)c3cccc(C)c3)n2)cc1OC. The van der Waals surface area contributed by atoms with E-state index in [4.69, 9.17) is 14.0 Å². The number of carbonyl (C=O) groups is 1. The summed E-state index contributed by atoms with van der Waals surface area (Å²) in [6.07, 6.45) is 1.82. The first-order valence-corrected chi connectivity index (χ1v) is 10.0. The molecule has 0 radical (unpaired) electrons. The van der Waals surface area contributed by atoms with E-state index >= 15 is 0 Å². The van der Waals surface area contributed by atoms with E-state index in [1.165, 1.54) is 0 Å². The van der Waals surface area contributed by atoms with Crippen molar-refractivity contribution in [2.75, 3.05) is 26.2 Å². The molecule has 1 amide bonds. The number of hydrogen-bond acceptors (Lipinski definition) is 6. The Morgan fingerprint density at radius 3 is 2.62 bits per heavy atom. The van der Waals surface area contributed by atoms with Gasteiger partial charge in [0.05, 0.1) is 14.2 Å². The van der Waals surface area contributed by atoms with Crippen LogP contribution in [0.4, 0.5) is 5.69 Å². The van der Waals surface area contributed by atoms with Crippen molar-refractivity contribution in [3.05, 3.63) is 66.4 Å². The second kappa shape index (κ2) is 8.97. The van der Waals surface area contributed by atoms with Gasteiger partial charge in [0, 0.05) is 24.5 Å². The summed E-state index contributed by atoms with van der Waals surface area (Å²) < 4.78 is 17.9. The average molecular weight is 432 g/mol. The Labute approximate surface area is 186 Å². The van der Waals surface area contributed by atoms with Crippen molar-refractivity contribution in [3.8, 4) is 34.5 Å². The number of likely N-dealkylation sites (N-methyl/N-ethyl adjacent to an activating group) is 1. The average Bonchev–Trinajstić information content (AvgIpc) is 3.47. The minimum Gasteiger partial charge on any atom is -0.493 e. The monoisotopic (exact) mass is 432 g/mol.